The number of hydrogen-bond acceptors (Lipinski definition) is 2. The Hall–Kier alpha value is -2.29. The molecule has 0 atom stereocenters. The smallest absolute Gasteiger partial charge is 0.256 e. The molecule has 0 saturated carbocycles. The highest BCUT2D eigenvalue weighted by molar-refractivity contribution is 6.06. The molecule has 0 aliphatic rings. The molecule has 3 heteroatoms. The van der Waals surface area contributed by atoms with Crippen molar-refractivity contribution in [3.8, 4) is 5.75 Å². The Bertz CT molecular complexity index is 635. The summed E-state index contributed by atoms with van der Waals surface area (Å²) < 4.78 is 5.66. The molecule has 0 spiro atoms. The predicted octanol–water partition coefficient (Wildman–Crippen LogP) is 4.34. The molecule has 0 radical (unpaired) electrons. The van der Waals surface area contributed by atoms with E-state index in [9.17, 15) is 4.79 Å². The summed E-state index contributed by atoms with van der Waals surface area (Å²) in [6.07, 6.45) is 0.930. The molecule has 0 fully saturated rings. The van der Waals surface area contributed by atoms with Crippen molar-refractivity contribution in [1.29, 1.82) is 0 Å². The molecular weight excluding hydrogens is 262 g/mol. The van der Waals surface area contributed by atoms with Crippen LogP contribution in [-0.2, 0) is 0 Å². The average Bonchev–Trinajstić information content (AvgIpc) is 2.49. The van der Waals surface area contributed by atoms with Crippen molar-refractivity contribution in [3.63, 3.8) is 0 Å². The SMILES string of the molecule is CCCOc1ccccc1NC(=O)c1cccc(C)c1C. The van der Waals surface area contributed by atoms with E-state index in [0.29, 0.717) is 23.6 Å². The zero-order chi connectivity index (χ0) is 15.2. The molecule has 0 aromatic heterocycles. The Morgan fingerprint density at radius 3 is 2.62 bits per heavy atom. The molecule has 110 valence electrons. The topological polar surface area (TPSA) is 38.3 Å². The molecule has 0 unspecified atom stereocenters. The van der Waals surface area contributed by atoms with Crippen LogP contribution in [0.5, 0.6) is 5.75 Å². The summed E-state index contributed by atoms with van der Waals surface area (Å²) in [5.74, 6) is 0.599. The van der Waals surface area contributed by atoms with Gasteiger partial charge in [-0.05, 0) is 49.6 Å². The van der Waals surface area contributed by atoms with Crippen LogP contribution in [0.25, 0.3) is 0 Å². The van der Waals surface area contributed by atoms with E-state index in [2.05, 4.69) is 12.2 Å². The van der Waals surface area contributed by atoms with E-state index >= 15 is 0 Å². The minimum atomic E-state index is -0.108. The summed E-state index contributed by atoms with van der Waals surface area (Å²) in [6.45, 7) is 6.65. The van der Waals surface area contributed by atoms with Gasteiger partial charge in [0.2, 0.25) is 0 Å². The molecule has 0 bridgehead atoms. The third kappa shape index (κ3) is 3.63. The Morgan fingerprint density at radius 2 is 1.86 bits per heavy atom. The number of rotatable bonds is 5. The minimum absolute atomic E-state index is 0.108. The van der Waals surface area contributed by atoms with Gasteiger partial charge in [-0.3, -0.25) is 4.79 Å². The summed E-state index contributed by atoms with van der Waals surface area (Å²) in [5.41, 5.74) is 3.51. The first-order valence-electron chi connectivity index (χ1n) is 7.23. The van der Waals surface area contributed by atoms with Crippen molar-refractivity contribution < 1.29 is 9.53 Å². The van der Waals surface area contributed by atoms with Crippen molar-refractivity contribution in [2.45, 2.75) is 27.2 Å². The second-order valence-corrected chi connectivity index (χ2v) is 5.05. The first-order valence-corrected chi connectivity index (χ1v) is 7.23. The van der Waals surface area contributed by atoms with Gasteiger partial charge < -0.3 is 10.1 Å². The van der Waals surface area contributed by atoms with Crippen LogP contribution in [-0.4, -0.2) is 12.5 Å². The van der Waals surface area contributed by atoms with Crippen LogP contribution in [0.15, 0.2) is 42.5 Å². The zero-order valence-corrected chi connectivity index (χ0v) is 12.8. The molecular formula is C18H21NO2. The number of amides is 1. The quantitative estimate of drug-likeness (QED) is 0.886. The predicted molar refractivity (Wildman–Crippen MR) is 86.1 cm³/mol. The second-order valence-electron chi connectivity index (χ2n) is 5.05. The van der Waals surface area contributed by atoms with E-state index in [-0.39, 0.29) is 5.91 Å². The van der Waals surface area contributed by atoms with E-state index < -0.39 is 0 Å². The number of nitrogens with one attached hydrogen (secondary N) is 1. The van der Waals surface area contributed by atoms with E-state index in [0.717, 1.165) is 17.5 Å². The minimum Gasteiger partial charge on any atom is -0.491 e. The van der Waals surface area contributed by atoms with Crippen LogP contribution >= 0.6 is 0 Å². The Labute approximate surface area is 126 Å². The van der Waals surface area contributed by atoms with Crippen LogP contribution in [0, 0.1) is 13.8 Å². The fourth-order valence-electron chi connectivity index (χ4n) is 2.09. The molecule has 21 heavy (non-hydrogen) atoms. The van der Waals surface area contributed by atoms with Gasteiger partial charge in [0.1, 0.15) is 5.75 Å². The number of aryl methyl sites for hydroxylation is 1. The second kappa shape index (κ2) is 6.93. The summed E-state index contributed by atoms with van der Waals surface area (Å²) in [7, 11) is 0. The summed E-state index contributed by atoms with van der Waals surface area (Å²) in [6, 6.07) is 13.3. The number of carbonyl (C=O) groups is 1. The van der Waals surface area contributed by atoms with Crippen molar-refractivity contribution >= 4 is 11.6 Å². The first kappa shape index (κ1) is 15.1. The van der Waals surface area contributed by atoms with E-state index in [1.165, 1.54) is 0 Å². The molecule has 3 nitrogen and oxygen atoms in total. The number of para-hydroxylation sites is 2. The average molecular weight is 283 g/mol. The lowest BCUT2D eigenvalue weighted by Gasteiger charge is -2.13. The maximum Gasteiger partial charge on any atom is 0.256 e. The lowest BCUT2D eigenvalue weighted by Crippen LogP contribution is -2.14. The fraction of sp³-hybridized carbons (Fsp3) is 0.278. The zero-order valence-electron chi connectivity index (χ0n) is 12.8. The molecule has 1 amide bonds. The highest BCUT2D eigenvalue weighted by Crippen LogP contribution is 2.25. The van der Waals surface area contributed by atoms with E-state index in [1.54, 1.807) is 0 Å². The summed E-state index contributed by atoms with van der Waals surface area (Å²) in [4.78, 5) is 12.4. The highest BCUT2D eigenvalue weighted by atomic mass is 16.5. The standard InChI is InChI=1S/C18H21NO2/c1-4-12-21-17-11-6-5-10-16(17)19-18(20)15-9-7-8-13(2)14(15)3/h5-11H,4,12H2,1-3H3,(H,19,20). The lowest BCUT2D eigenvalue weighted by atomic mass is 10.0. The molecule has 2 aromatic rings. The van der Waals surface area contributed by atoms with Crippen LogP contribution in [0.1, 0.15) is 34.8 Å². The van der Waals surface area contributed by atoms with Gasteiger partial charge in [-0.15, -0.1) is 0 Å². The number of anilines is 1. The molecule has 2 aromatic carbocycles. The molecule has 1 N–H and O–H groups in total. The summed E-state index contributed by atoms with van der Waals surface area (Å²) >= 11 is 0. The van der Waals surface area contributed by atoms with Gasteiger partial charge in [0.05, 0.1) is 12.3 Å². The van der Waals surface area contributed by atoms with Gasteiger partial charge in [0.15, 0.2) is 0 Å². The van der Waals surface area contributed by atoms with Crippen molar-refractivity contribution in [1.82, 2.24) is 0 Å². The van der Waals surface area contributed by atoms with E-state index in [1.807, 2.05) is 56.3 Å². The van der Waals surface area contributed by atoms with Gasteiger partial charge in [-0.2, -0.15) is 0 Å². The Kier molecular flexibility index (Phi) is 4.99. The monoisotopic (exact) mass is 283 g/mol. The number of carbonyl (C=O) groups excluding carboxylic acids is 1. The molecule has 2 rings (SSSR count). The third-order valence-corrected chi connectivity index (χ3v) is 3.45. The first-order chi connectivity index (χ1) is 10.1. The van der Waals surface area contributed by atoms with Crippen molar-refractivity contribution in [3.05, 3.63) is 59.2 Å². The highest BCUT2D eigenvalue weighted by Gasteiger charge is 2.12. The third-order valence-electron chi connectivity index (χ3n) is 3.45. The number of hydrogen-bond donors (Lipinski definition) is 1. The molecule has 0 heterocycles. The van der Waals surface area contributed by atoms with Gasteiger partial charge in [0.25, 0.3) is 5.91 Å². The molecule has 0 aliphatic carbocycles. The number of benzene rings is 2. The summed E-state index contributed by atoms with van der Waals surface area (Å²) in [5, 5.41) is 2.94. The van der Waals surface area contributed by atoms with Crippen LogP contribution in [0.4, 0.5) is 5.69 Å². The molecule has 0 saturated heterocycles. The normalized spacial score (nSPS) is 10.2. The van der Waals surface area contributed by atoms with Crippen molar-refractivity contribution in [2.75, 3.05) is 11.9 Å². The number of ether oxygens (including phenoxy) is 1. The lowest BCUT2D eigenvalue weighted by molar-refractivity contribution is 0.102. The van der Waals surface area contributed by atoms with Gasteiger partial charge in [0, 0.05) is 5.56 Å². The van der Waals surface area contributed by atoms with E-state index in [4.69, 9.17) is 4.74 Å². The fourth-order valence-corrected chi connectivity index (χ4v) is 2.09. The van der Waals surface area contributed by atoms with Crippen LogP contribution in [0.3, 0.4) is 0 Å². The van der Waals surface area contributed by atoms with Gasteiger partial charge in [-0.25, -0.2) is 0 Å². The van der Waals surface area contributed by atoms with Gasteiger partial charge >= 0.3 is 0 Å². The Balaban J connectivity index is 2.22. The largest absolute Gasteiger partial charge is 0.491 e. The Morgan fingerprint density at radius 1 is 1.10 bits per heavy atom. The van der Waals surface area contributed by atoms with Crippen LogP contribution < -0.4 is 10.1 Å². The van der Waals surface area contributed by atoms with Crippen LogP contribution in [0.2, 0.25) is 0 Å². The maximum atomic E-state index is 12.4. The molecule has 0 aliphatic heterocycles. The maximum absolute atomic E-state index is 12.4. The van der Waals surface area contributed by atoms with Gasteiger partial charge in [-0.1, -0.05) is 31.2 Å². The van der Waals surface area contributed by atoms with Crippen molar-refractivity contribution in [2.24, 2.45) is 0 Å².